The molecule has 1 amide bonds. The molecule has 3 N–H and O–H groups in total. The van der Waals surface area contributed by atoms with E-state index in [2.05, 4.69) is 48.1 Å². The number of benzene rings is 3. The second kappa shape index (κ2) is 10.1. The van der Waals surface area contributed by atoms with Crippen molar-refractivity contribution in [1.29, 1.82) is 0 Å². The summed E-state index contributed by atoms with van der Waals surface area (Å²) in [4.78, 5) is 13.2. The molecule has 0 spiro atoms. The third-order valence-corrected chi connectivity index (χ3v) is 5.77. The van der Waals surface area contributed by atoms with Crippen LogP contribution in [0, 0.1) is 5.41 Å². The summed E-state index contributed by atoms with van der Waals surface area (Å²) >= 11 is 0. The number of anilines is 2. The van der Waals surface area contributed by atoms with E-state index in [9.17, 15) is 9.90 Å². The number of amides is 1. The van der Waals surface area contributed by atoms with Crippen molar-refractivity contribution in [3.05, 3.63) is 96.2 Å². The van der Waals surface area contributed by atoms with Gasteiger partial charge in [-0.25, -0.2) is 0 Å². The molecule has 0 aliphatic carbocycles. The molecule has 5 heteroatoms. The summed E-state index contributed by atoms with van der Waals surface area (Å²) in [5.74, 6) is -0.141. The van der Waals surface area contributed by atoms with Gasteiger partial charge in [0.1, 0.15) is 11.9 Å². The third kappa shape index (κ3) is 6.06. The van der Waals surface area contributed by atoms with Crippen LogP contribution in [-0.2, 0) is 13.0 Å². The number of fused-ring (bicyclic) bond motifs is 1. The summed E-state index contributed by atoms with van der Waals surface area (Å²) in [6.07, 6.45) is 0.812. The minimum absolute atomic E-state index is 0.0139. The highest BCUT2D eigenvalue weighted by Gasteiger charge is 2.19. The number of rotatable bonds is 8. The van der Waals surface area contributed by atoms with Crippen molar-refractivity contribution in [2.45, 2.75) is 46.4 Å². The van der Waals surface area contributed by atoms with E-state index in [1.54, 1.807) is 0 Å². The van der Waals surface area contributed by atoms with E-state index in [4.69, 9.17) is 0 Å². The first-order valence-electron chi connectivity index (χ1n) is 11.8. The minimum atomic E-state index is -0.640. The number of aliphatic hydroxyl groups excluding tert-OH is 1. The molecule has 1 heterocycles. The highest BCUT2D eigenvalue weighted by molar-refractivity contribution is 6.06. The zero-order valence-corrected chi connectivity index (χ0v) is 20.1. The van der Waals surface area contributed by atoms with E-state index in [1.165, 1.54) is 5.56 Å². The molecule has 0 bridgehead atoms. The molecule has 4 aromatic rings. The average molecular weight is 456 g/mol. The van der Waals surface area contributed by atoms with Crippen molar-refractivity contribution < 1.29 is 9.90 Å². The Bertz CT molecular complexity index is 1240. The van der Waals surface area contributed by atoms with Crippen LogP contribution in [0.4, 0.5) is 11.4 Å². The van der Waals surface area contributed by atoms with Crippen LogP contribution >= 0.6 is 0 Å². The number of aromatic nitrogens is 1. The van der Waals surface area contributed by atoms with Crippen LogP contribution in [0.15, 0.2) is 84.9 Å². The monoisotopic (exact) mass is 455 g/mol. The van der Waals surface area contributed by atoms with Crippen LogP contribution in [-0.4, -0.2) is 21.8 Å². The molecular weight excluding hydrogens is 422 g/mol. The van der Waals surface area contributed by atoms with Crippen molar-refractivity contribution in [1.82, 2.24) is 4.57 Å². The van der Waals surface area contributed by atoms with Crippen LogP contribution in [0.3, 0.4) is 0 Å². The predicted octanol–water partition coefficient (Wildman–Crippen LogP) is 6.30. The van der Waals surface area contributed by atoms with Crippen molar-refractivity contribution in [2.75, 3.05) is 10.6 Å². The maximum absolute atomic E-state index is 13.2. The lowest BCUT2D eigenvalue weighted by Gasteiger charge is -2.23. The maximum atomic E-state index is 13.2. The van der Waals surface area contributed by atoms with Gasteiger partial charge in [0.05, 0.1) is 0 Å². The van der Waals surface area contributed by atoms with Gasteiger partial charge < -0.3 is 20.3 Å². The van der Waals surface area contributed by atoms with Gasteiger partial charge in [0.25, 0.3) is 5.91 Å². The zero-order chi connectivity index (χ0) is 24.1. The zero-order valence-electron chi connectivity index (χ0n) is 20.1. The summed E-state index contributed by atoms with van der Waals surface area (Å²) in [5.41, 5.74) is 4.44. The fraction of sp³-hybridized carbons (Fsp3) is 0.276. The summed E-state index contributed by atoms with van der Waals surface area (Å²) < 4.78 is 2.08. The Morgan fingerprint density at radius 1 is 0.912 bits per heavy atom. The van der Waals surface area contributed by atoms with Crippen LogP contribution in [0.2, 0.25) is 0 Å². The molecule has 1 atom stereocenters. The van der Waals surface area contributed by atoms with Gasteiger partial charge in [-0.3, -0.25) is 4.79 Å². The van der Waals surface area contributed by atoms with E-state index in [0.29, 0.717) is 18.7 Å². The molecule has 3 aromatic carbocycles. The molecule has 1 aromatic heterocycles. The molecule has 4 rings (SSSR count). The second-order valence-corrected chi connectivity index (χ2v) is 9.94. The molecule has 0 fully saturated rings. The first-order chi connectivity index (χ1) is 16.3. The lowest BCUT2D eigenvalue weighted by molar-refractivity contribution is 0.101. The predicted molar refractivity (Wildman–Crippen MR) is 140 cm³/mol. The minimum Gasteiger partial charge on any atom is -0.374 e. The number of carbonyl (C=O) groups is 1. The van der Waals surface area contributed by atoms with E-state index < -0.39 is 6.23 Å². The number of nitrogens with one attached hydrogen (secondary N) is 2. The molecule has 176 valence electrons. The van der Waals surface area contributed by atoms with E-state index in [-0.39, 0.29) is 11.3 Å². The molecule has 1 unspecified atom stereocenters. The van der Waals surface area contributed by atoms with E-state index in [0.717, 1.165) is 28.7 Å². The van der Waals surface area contributed by atoms with Gasteiger partial charge in [-0.1, -0.05) is 69.3 Å². The number of hydrogen-bond donors (Lipinski definition) is 3. The Labute approximate surface area is 201 Å². The molecule has 0 aliphatic heterocycles. The van der Waals surface area contributed by atoms with Gasteiger partial charge in [-0.2, -0.15) is 0 Å². The van der Waals surface area contributed by atoms with Crippen LogP contribution in [0.25, 0.3) is 10.9 Å². The van der Waals surface area contributed by atoms with Crippen LogP contribution < -0.4 is 10.6 Å². The Kier molecular flexibility index (Phi) is 7.03. The summed E-state index contributed by atoms with van der Waals surface area (Å²) in [6.45, 7) is 6.99. The number of aryl methyl sites for hydroxylation is 2. The van der Waals surface area contributed by atoms with Crippen LogP contribution in [0.1, 0.15) is 43.2 Å². The lowest BCUT2D eigenvalue weighted by atomic mass is 9.91. The smallest absolute Gasteiger partial charge is 0.272 e. The number of hydrogen-bond acceptors (Lipinski definition) is 3. The summed E-state index contributed by atoms with van der Waals surface area (Å²) in [5, 5.41) is 17.6. The summed E-state index contributed by atoms with van der Waals surface area (Å²) in [6, 6.07) is 27.7. The van der Waals surface area contributed by atoms with E-state index in [1.807, 2.05) is 72.8 Å². The molecule has 5 nitrogen and oxygen atoms in total. The van der Waals surface area contributed by atoms with Gasteiger partial charge in [0, 0.05) is 28.8 Å². The maximum Gasteiger partial charge on any atom is 0.272 e. The average Bonchev–Trinajstić information content (AvgIpc) is 3.15. The normalized spacial score (nSPS) is 12.5. The van der Waals surface area contributed by atoms with Crippen molar-refractivity contribution in [3.63, 3.8) is 0 Å². The van der Waals surface area contributed by atoms with Crippen molar-refractivity contribution in [2.24, 2.45) is 5.41 Å². The summed E-state index contributed by atoms with van der Waals surface area (Å²) in [7, 11) is 0. The van der Waals surface area contributed by atoms with Gasteiger partial charge in [0.15, 0.2) is 0 Å². The molecule has 34 heavy (non-hydrogen) atoms. The topological polar surface area (TPSA) is 66.3 Å². The quantitative estimate of drug-likeness (QED) is 0.273. The first kappa shape index (κ1) is 23.6. The molecular formula is C29H33N3O2. The van der Waals surface area contributed by atoms with Crippen molar-refractivity contribution >= 4 is 28.2 Å². The van der Waals surface area contributed by atoms with Gasteiger partial charge in [-0.15, -0.1) is 0 Å². The van der Waals surface area contributed by atoms with Gasteiger partial charge in [-0.05, 0) is 60.2 Å². The third-order valence-electron chi connectivity index (χ3n) is 5.77. The fourth-order valence-corrected chi connectivity index (χ4v) is 4.22. The lowest BCUT2D eigenvalue weighted by Crippen LogP contribution is -2.25. The molecule has 0 saturated heterocycles. The Hall–Kier alpha value is -3.57. The molecule has 0 aliphatic rings. The Morgan fingerprint density at radius 3 is 2.26 bits per heavy atom. The standard InChI is InChI=1S/C29H33N3O2/c1-29(2,3)20-27(33)30-24-14-15-25-22(18-24)19-26(28(34)31-23-12-8-5-9-13-23)32(25)17-16-21-10-6-4-7-11-21/h4-15,18-19,27,30,33H,16-17,20H2,1-3H3,(H,31,34). The van der Waals surface area contributed by atoms with Crippen LogP contribution in [0.5, 0.6) is 0 Å². The second-order valence-electron chi connectivity index (χ2n) is 9.94. The number of aliphatic hydroxyl groups is 1. The molecule has 0 radical (unpaired) electrons. The highest BCUT2D eigenvalue weighted by atomic mass is 16.3. The SMILES string of the molecule is CC(C)(C)CC(O)Nc1ccc2c(c1)cc(C(=O)Nc1ccccc1)n2CCc1ccccc1. The highest BCUT2D eigenvalue weighted by Crippen LogP contribution is 2.27. The molecule has 0 saturated carbocycles. The number of carbonyl (C=O) groups excluding carboxylic acids is 1. The van der Waals surface area contributed by atoms with Gasteiger partial charge in [0.2, 0.25) is 0 Å². The van der Waals surface area contributed by atoms with Gasteiger partial charge >= 0.3 is 0 Å². The fourth-order valence-electron chi connectivity index (χ4n) is 4.22. The van der Waals surface area contributed by atoms with Crippen molar-refractivity contribution in [3.8, 4) is 0 Å². The number of para-hydroxylation sites is 1. The van der Waals surface area contributed by atoms with E-state index >= 15 is 0 Å². The largest absolute Gasteiger partial charge is 0.374 e. The Balaban J connectivity index is 1.64. The first-order valence-corrected chi connectivity index (χ1v) is 11.8. The Morgan fingerprint density at radius 2 is 1.59 bits per heavy atom. The number of nitrogens with zero attached hydrogens (tertiary/aromatic N) is 1.